The van der Waals surface area contributed by atoms with E-state index in [1.54, 1.807) is 6.08 Å². The second-order valence-corrected chi connectivity index (χ2v) is 6.20. The lowest BCUT2D eigenvalue weighted by molar-refractivity contribution is -0.121. The summed E-state index contributed by atoms with van der Waals surface area (Å²) in [6, 6.07) is 0. The van der Waals surface area contributed by atoms with E-state index in [4.69, 9.17) is 0 Å². The van der Waals surface area contributed by atoms with Crippen molar-refractivity contribution in [2.75, 3.05) is 0 Å². The summed E-state index contributed by atoms with van der Waals surface area (Å²) in [6.07, 6.45) is 16.0. The van der Waals surface area contributed by atoms with Crippen LogP contribution in [-0.2, 0) is 4.79 Å². The quantitative estimate of drug-likeness (QED) is 0.657. The van der Waals surface area contributed by atoms with E-state index in [2.05, 4.69) is 24.3 Å². The van der Waals surface area contributed by atoms with Crippen LogP contribution in [0.25, 0.3) is 0 Å². The van der Waals surface area contributed by atoms with Gasteiger partial charge in [-0.05, 0) is 25.3 Å². The van der Waals surface area contributed by atoms with Gasteiger partial charge in [0.25, 0.3) is 0 Å². The molecule has 0 spiro atoms. The lowest BCUT2D eigenvalue weighted by Gasteiger charge is -2.24. The smallest absolute Gasteiger partial charge is 0.160 e. The molecule has 0 bridgehead atoms. The Kier molecular flexibility index (Phi) is 3.70. The zero-order valence-electron chi connectivity index (χ0n) is 11.6. The average molecular weight is 242 g/mol. The van der Waals surface area contributed by atoms with Crippen LogP contribution in [0.15, 0.2) is 47.6 Å². The number of hydrogen-bond acceptors (Lipinski definition) is 1. The molecule has 0 amide bonds. The molecule has 0 heterocycles. The van der Waals surface area contributed by atoms with Gasteiger partial charge < -0.3 is 0 Å². The molecule has 0 aliphatic heterocycles. The molecule has 0 saturated carbocycles. The Bertz CT molecular complexity index is 452. The van der Waals surface area contributed by atoms with Crippen molar-refractivity contribution in [1.29, 1.82) is 0 Å². The van der Waals surface area contributed by atoms with E-state index in [9.17, 15) is 4.79 Å². The summed E-state index contributed by atoms with van der Waals surface area (Å²) < 4.78 is 0. The third kappa shape index (κ3) is 3.10. The Balaban J connectivity index is 2.06. The molecule has 18 heavy (non-hydrogen) atoms. The van der Waals surface area contributed by atoms with E-state index in [-0.39, 0.29) is 11.2 Å². The van der Waals surface area contributed by atoms with Crippen LogP contribution in [0.3, 0.4) is 0 Å². The average Bonchev–Trinajstić information content (AvgIpc) is 2.34. The SMILES string of the molecule is CC(C)(C)C(=O)/C=C/C1=CC2CC=CC=C2CC1. The van der Waals surface area contributed by atoms with E-state index in [0.29, 0.717) is 5.92 Å². The van der Waals surface area contributed by atoms with Crippen LogP contribution in [0.4, 0.5) is 0 Å². The molecule has 2 rings (SSSR count). The van der Waals surface area contributed by atoms with Gasteiger partial charge >= 0.3 is 0 Å². The van der Waals surface area contributed by atoms with E-state index in [1.807, 2.05) is 26.8 Å². The zero-order valence-corrected chi connectivity index (χ0v) is 11.6. The molecule has 0 saturated heterocycles. The van der Waals surface area contributed by atoms with Gasteiger partial charge in [-0.3, -0.25) is 4.79 Å². The fourth-order valence-corrected chi connectivity index (χ4v) is 2.34. The van der Waals surface area contributed by atoms with Crippen LogP contribution in [0.1, 0.15) is 40.0 Å². The second kappa shape index (κ2) is 5.09. The maximum atomic E-state index is 11.9. The maximum absolute atomic E-state index is 11.9. The van der Waals surface area contributed by atoms with Crippen molar-refractivity contribution in [3.05, 3.63) is 47.6 Å². The Morgan fingerprint density at radius 2 is 2.11 bits per heavy atom. The Morgan fingerprint density at radius 1 is 1.33 bits per heavy atom. The highest BCUT2D eigenvalue weighted by Gasteiger charge is 2.20. The number of carbonyl (C=O) groups is 1. The van der Waals surface area contributed by atoms with E-state index in [0.717, 1.165) is 19.3 Å². The predicted molar refractivity (Wildman–Crippen MR) is 76.2 cm³/mol. The summed E-state index contributed by atoms with van der Waals surface area (Å²) in [7, 11) is 0. The van der Waals surface area contributed by atoms with Crippen molar-refractivity contribution in [2.24, 2.45) is 11.3 Å². The van der Waals surface area contributed by atoms with Gasteiger partial charge in [-0.15, -0.1) is 0 Å². The van der Waals surface area contributed by atoms with E-state index in [1.165, 1.54) is 11.1 Å². The topological polar surface area (TPSA) is 17.1 Å². The van der Waals surface area contributed by atoms with E-state index < -0.39 is 0 Å². The largest absolute Gasteiger partial charge is 0.294 e. The summed E-state index contributed by atoms with van der Waals surface area (Å²) in [6.45, 7) is 5.88. The monoisotopic (exact) mass is 242 g/mol. The normalized spacial score (nSPS) is 23.6. The molecule has 1 atom stereocenters. The van der Waals surface area contributed by atoms with E-state index >= 15 is 0 Å². The Hall–Kier alpha value is -1.37. The van der Waals surface area contributed by atoms with Gasteiger partial charge in [0.2, 0.25) is 0 Å². The number of rotatable bonds is 2. The lowest BCUT2D eigenvalue weighted by Crippen LogP contribution is -2.17. The summed E-state index contributed by atoms with van der Waals surface area (Å²) >= 11 is 0. The van der Waals surface area contributed by atoms with Crippen LogP contribution < -0.4 is 0 Å². The van der Waals surface area contributed by atoms with Crippen LogP contribution in [0.2, 0.25) is 0 Å². The first-order valence-corrected chi connectivity index (χ1v) is 6.75. The molecule has 0 aromatic rings. The van der Waals surface area contributed by atoms with Crippen molar-refractivity contribution in [3.8, 4) is 0 Å². The number of hydrogen-bond donors (Lipinski definition) is 0. The van der Waals surface area contributed by atoms with Crippen LogP contribution >= 0.6 is 0 Å². The molecule has 0 aromatic heterocycles. The fourth-order valence-electron chi connectivity index (χ4n) is 2.34. The van der Waals surface area contributed by atoms with Gasteiger partial charge in [-0.25, -0.2) is 0 Å². The number of carbonyl (C=O) groups excluding carboxylic acids is 1. The third-order valence-corrected chi connectivity index (χ3v) is 3.62. The van der Waals surface area contributed by atoms with Gasteiger partial charge in [0.05, 0.1) is 0 Å². The molecule has 0 aromatic carbocycles. The summed E-state index contributed by atoms with van der Waals surface area (Å²) in [5.41, 5.74) is 2.58. The fraction of sp³-hybridized carbons (Fsp3) is 0.471. The molecule has 2 aliphatic rings. The standard InChI is InChI=1S/C17H22O/c1-17(2,3)16(18)11-9-13-8-10-14-6-4-5-7-15(14)12-13/h4-6,9,11-12,15H,7-8,10H2,1-3H3/b11-9+. The van der Waals surface area contributed by atoms with Crippen LogP contribution in [-0.4, -0.2) is 5.78 Å². The van der Waals surface area contributed by atoms with Crippen molar-refractivity contribution in [1.82, 2.24) is 0 Å². The van der Waals surface area contributed by atoms with Gasteiger partial charge in [-0.2, -0.15) is 0 Å². The highest BCUT2D eigenvalue weighted by atomic mass is 16.1. The van der Waals surface area contributed by atoms with Crippen molar-refractivity contribution in [3.63, 3.8) is 0 Å². The number of ketones is 1. The highest BCUT2D eigenvalue weighted by Crippen LogP contribution is 2.33. The molecule has 0 N–H and O–H groups in total. The summed E-state index contributed by atoms with van der Waals surface area (Å²) in [5, 5.41) is 0. The zero-order chi connectivity index (χ0) is 13.2. The molecule has 1 unspecified atom stereocenters. The highest BCUT2D eigenvalue weighted by molar-refractivity contribution is 5.94. The summed E-state index contributed by atoms with van der Waals surface area (Å²) in [5.74, 6) is 0.765. The van der Waals surface area contributed by atoms with Gasteiger partial charge in [0, 0.05) is 11.3 Å². The third-order valence-electron chi connectivity index (χ3n) is 3.62. The first kappa shape index (κ1) is 13.1. The van der Waals surface area contributed by atoms with Crippen LogP contribution in [0.5, 0.6) is 0 Å². The minimum Gasteiger partial charge on any atom is -0.294 e. The first-order chi connectivity index (χ1) is 8.47. The van der Waals surface area contributed by atoms with Crippen molar-refractivity contribution < 1.29 is 4.79 Å². The number of allylic oxidation sites excluding steroid dienone is 8. The van der Waals surface area contributed by atoms with Crippen molar-refractivity contribution >= 4 is 5.78 Å². The van der Waals surface area contributed by atoms with Gasteiger partial charge in [0.1, 0.15) is 0 Å². The van der Waals surface area contributed by atoms with Gasteiger partial charge in [0.15, 0.2) is 5.78 Å². The van der Waals surface area contributed by atoms with Crippen molar-refractivity contribution in [2.45, 2.75) is 40.0 Å². The Labute approximate surface area is 110 Å². The lowest BCUT2D eigenvalue weighted by atomic mass is 9.81. The second-order valence-electron chi connectivity index (χ2n) is 6.20. The molecular weight excluding hydrogens is 220 g/mol. The molecule has 0 fully saturated rings. The molecule has 2 aliphatic carbocycles. The van der Waals surface area contributed by atoms with Crippen LogP contribution in [0, 0.1) is 11.3 Å². The van der Waals surface area contributed by atoms with Gasteiger partial charge in [-0.1, -0.05) is 62.3 Å². The molecule has 1 nitrogen and oxygen atoms in total. The Morgan fingerprint density at radius 3 is 2.83 bits per heavy atom. The predicted octanol–water partition coefficient (Wildman–Crippen LogP) is 4.38. The summed E-state index contributed by atoms with van der Waals surface area (Å²) in [4.78, 5) is 11.9. The number of fused-ring (bicyclic) bond motifs is 1. The molecule has 1 heteroatoms. The molecular formula is C17H22O. The first-order valence-electron chi connectivity index (χ1n) is 6.75. The molecule has 96 valence electrons. The minimum atomic E-state index is -0.273. The maximum Gasteiger partial charge on any atom is 0.160 e. The molecule has 0 radical (unpaired) electrons. The minimum absolute atomic E-state index is 0.202.